The molecule has 0 bridgehead atoms. The highest BCUT2D eigenvalue weighted by atomic mass is 16.3. The highest BCUT2D eigenvalue weighted by Gasteiger charge is 2.15. The fourth-order valence-electron chi connectivity index (χ4n) is 1.45. The zero-order valence-corrected chi connectivity index (χ0v) is 8.38. The van der Waals surface area contributed by atoms with E-state index in [2.05, 4.69) is 15.2 Å². The van der Waals surface area contributed by atoms with Gasteiger partial charge in [-0.2, -0.15) is 5.10 Å². The second-order valence-corrected chi connectivity index (χ2v) is 3.41. The van der Waals surface area contributed by atoms with Gasteiger partial charge in [-0.05, 0) is 0 Å². The number of aryl methyl sites for hydroxylation is 1. The third kappa shape index (κ3) is 1.84. The van der Waals surface area contributed by atoms with Gasteiger partial charge < -0.3 is 15.4 Å². The minimum Gasteiger partial charge on any atom is -0.388 e. The molecule has 2 aromatic heterocycles. The maximum absolute atomic E-state index is 9.89. The number of imidazole rings is 1. The van der Waals surface area contributed by atoms with Crippen LogP contribution in [0, 0.1) is 0 Å². The Morgan fingerprint density at radius 2 is 2.47 bits per heavy atom. The first-order valence-corrected chi connectivity index (χ1v) is 4.61. The summed E-state index contributed by atoms with van der Waals surface area (Å²) in [4.78, 5) is 4.13. The Balaban J connectivity index is 2.14. The number of aromatic nitrogens is 4. The van der Waals surface area contributed by atoms with Gasteiger partial charge >= 0.3 is 0 Å². The molecular weight excluding hydrogens is 194 g/mol. The Morgan fingerprint density at radius 1 is 1.67 bits per heavy atom. The first-order valence-electron chi connectivity index (χ1n) is 4.61. The molecule has 15 heavy (non-hydrogen) atoms. The van der Waals surface area contributed by atoms with Gasteiger partial charge in [0.25, 0.3) is 0 Å². The van der Waals surface area contributed by atoms with E-state index in [9.17, 15) is 5.11 Å². The van der Waals surface area contributed by atoms with Gasteiger partial charge in [-0.3, -0.25) is 5.10 Å². The molecule has 6 heteroatoms. The molecule has 4 N–H and O–H groups in total. The molecule has 2 aromatic rings. The van der Waals surface area contributed by atoms with Gasteiger partial charge in [0.2, 0.25) is 0 Å². The average molecular weight is 207 g/mol. The topological polar surface area (TPSA) is 92.7 Å². The number of rotatable bonds is 3. The fourth-order valence-corrected chi connectivity index (χ4v) is 1.45. The monoisotopic (exact) mass is 207 g/mol. The van der Waals surface area contributed by atoms with Crippen molar-refractivity contribution in [3.63, 3.8) is 0 Å². The van der Waals surface area contributed by atoms with Crippen molar-refractivity contribution < 1.29 is 5.11 Å². The second kappa shape index (κ2) is 3.74. The first-order chi connectivity index (χ1) is 7.18. The molecule has 0 fully saturated rings. The summed E-state index contributed by atoms with van der Waals surface area (Å²) in [5.74, 6) is 1.21. The van der Waals surface area contributed by atoms with Crippen molar-refractivity contribution in [1.82, 2.24) is 19.7 Å². The number of aliphatic hydroxyl groups is 1. The Labute approximate surface area is 86.8 Å². The highest BCUT2D eigenvalue weighted by Crippen LogP contribution is 2.20. The second-order valence-electron chi connectivity index (χ2n) is 3.41. The van der Waals surface area contributed by atoms with Crippen molar-refractivity contribution in [2.24, 2.45) is 7.05 Å². The van der Waals surface area contributed by atoms with Crippen LogP contribution in [0.2, 0.25) is 0 Å². The molecule has 0 amide bonds. The van der Waals surface area contributed by atoms with Crippen LogP contribution in [0.4, 0.5) is 5.82 Å². The third-order valence-corrected chi connectivity index (χ3v) is 2.36. The van der Waals surface area contributed by atoms with Gasteiger partial charge in [0, 0.05) is 31.4 Å². The summed E-state index contributed by atoms with van der Waals surface area (Å²) in [6, 6.07) is 0. The van der Waals surface area contributed by atoms with E-state index in [-0.39, 0.29) is 0 Å². The van der Waals surface area contributed by atoms with Crippen molar-refractivity contribution in [3.05, 3.63) is 30.0 Å². The zero-order chi connectivity index (χ0) is 10.8. The van der Waals surface area contributed by atoms with Crippen LogP contribution in [-0.2, 0) is 13.5 Å². The number of aromatic amines is 1. The summed E-state index contributed by atoms with van der Waals surface area (Å²) in [6.45, 7) is 0. The van der Waals surface area contributed by atoms with E-state index in [1.807, 2.05) is 17.8 Å². The summed E-state index contributed by atoms with van der Waals surface area (Å²) < 4.78 is 1.86. The van der Waals surface area contributed by atoms with Gasteiger partial charge in [-0.1, -0.05) is 0 Å². The lowest BCUT2D eigenvalue weighted by Gasteiger charge is -2.08. The molecule has 0 spiro atoms. The number of nitrogens with one attached hydrogen (secondary N) is 1. The molecule has 6 nitrogen and oxygen atoms in total. The van der Waals surface area contributed by atoms with Crippen LogP contribution < -0.4 is 5.73 Å². The number of nitrogens with zero attached hydrogens (tertiary/aromatic N) is 3. The van der Waals surface area contributed by atoms with Gasteiger partial charge in [-0.15, -0.1) is 0 Å². The molecule has 80 valence electrons. The van der Waals surface area contributed by atoms with E-state index in [0.29, 0.717) is 17.8 Å². The lowest BCUT2D eigenvalue weighted by molar-refractivity contribution is 0.175. The maximum Gasteiger partial charge on any atom is 0.124 e. The molecule has 2 heterocycles. The molecule has 1 unspecified atom stereocenters. The summed E-state index contributed by atoms with van der Waals surface area (Å²) in [6.07, 6.45) is 4.81. The highest BCUT2D eigenvalue weighted by molar-refractivity contribution is 5.38. The zero-order valence-electron chi connectivity index (χ0n) is 8.38. The molecule has 0 aliphatic carbocycles. The number of aliphatic hydroxyl groups excluding tert-OH is 1. The molecule has 0 saturated heterocycles. The minimum atomic E-state index is -0.676. The van der Waals surface area contributed by atoms with E-state index in [0.717, 1.165) is 5.82 Å². The van der Waals surface area contributed by atoms with Gasteiger partial charge in [-0.25, -0.2) is 4.98 Å². The van der Waals surface area contributed by atoms with Gasteiger partial charge in [0.05, 0.1) is 12.3 Å². The van der Waals surface area contributed by atoms with Gasteiger partial charge in [0.1, 0.15) is 11.6 Å². The largest absolute Gasteiger partial charge is 0.388 e. The van der Waals surface area contributed by atoms with Crippen LogP contribution >= 0.6 is 0 Å². The number of anilines is 1. The van der Waals surface area contributed by atoms with Crippen LogP contribution in [0.3, 0.4) is 0 Å². The number of hydrogen-bond acceptors (Lipinski definition) is 4. The maximum atomic E-state index is 9.89. The molecular formula is C9H13N5O. The summed E-state index contributed by atoms with van der Waals surface area (Å²) in [5.41, 5.74) is 6.21. The van der Waals surface area contributed by atoms with Crippen LogP contribution in [0.5, 0.6) is 0 Å². The Kier molecular flexibility index (Phi) is 2.42. The molecule has 1 atom stereocenters. The lowest BCUT2D eigenvalue weighted by atomic mass is 10.1. The normalized spacial score (nSPS) is 12.9. The molecule has 0 aliphatic rings. The van der Waals surface area contributed by atoms with E-state index >= 15 is 0 Å². The fraction of sp³-hybridized carbons (Fsp3) is 0.333. The van der Waals surface area contributed by atoms with Crippen molar-refractivity contribution in [1.29, 1.82) is 0 Å². The van der Waals surface area contributed by atoms with Crippen molar-refractivity contribution in [2.45, 2.75) is 12.5 Å². The SMILES string of the molecule is Cn1ccnc1CC(O)c1cn[nH]c1N. The van der Waals surface area contributed by atoms with Crippen LogP contribution in [0.25, 0.3) is 0 Å². The van der Waals surface area contributed by atoms with Crippen molar-refractivity contribution >= 4 is 5.82 Å². The quantitative estimate of drug-likeness (QED) is 0.660. The summed E-state index contributed by atoms with van der Waals surface area (Å²) >= 11 is 0. The van der Waals surface area contributed by atoms with Crippen molar-refractivity contribution in [2.75, 3.05) is 5.73 Å². The minimum absolute atomic E-state index is 0.400. The van der Waals surface area contributed by atoms with Crippen molar-refractivity contribution in [3.8, 4) is 0 Å². The predicted octanol–water partition coefficient (Wildman–Crippen LogP) is 0.00150. The number of nitrogen functional groups attached to an aromatic ring is 1. The molecule has 0 aliphatic heterocycles. The number of hydrogen-bond donors (Lipinski definition) is 3. The molecule has 0 aromatic carbocycles. The molecule has 0 saturated carbocycles. The standard InChI is InChI=1S/C9H13N5O/c1-14-3-2-11-8(14)4-7(15)6-5-12-13-9(6)10/h2-3,5,7,15H,4H2,1H3,(H3,10,12,13). The molecule has 0 radical (unpaired) electrons. The Morgan fingerprint density at radius 3 is 3.00 bits per heavy atom. The third-order valence-electron chi connectivity index (χ3n) is 2.36. The van der Waals surface area contributed by atoms with E-state index in [1.165, 1.54) is 6.20 Å². The lowest BCUT2D eigenvalue weighted by Crippen LogP contribution is -2.07. The van der Waals surface area contributed by atoms with Crippen LogP contribution in [0.15, 0.2) is 18.6 Å². The van der Waals surface area contributed by atoms with Crippen LogP contribution in [0.1, 0.15) is 17.5 Å². The first kappa shape index (κ1) is 9.72. The van der Waals surface area contributed by atoms with E-state index in [4.69, 9.17) is 5.73 Å². The summed E-state index contributed by atoms with van der Waals surface area (Å²) in [5, 5.41) is 16.2. The smallest absolute Gasteiger partial charge is 0.124 e. The average Bonchev–Trinajstić information content (AvgIpc) is 2.76. The number of H-pyrrole nitrogens is 1. The van der Waals surface area contributed by atoms with E-state index in [1.54, 1.807) is 6.20 Å². The Bertz CT molecular complexity index is 447. The van der Waals surface area contributed by atoms with E-state index < -0.39 is 6.10 Å². The molecule has 2 rings (SSSR count). The number of nitrogens with two attached hydrogens (primary N) is 1. The van der Waals surface area contributed by atoms with Crippen LogP contribution in [-0.4, -0.2) is 24.9 Å². The predicted molar refractivity (Wildman–Crippen MR) is 54.9 cm³/mol. The van der Waals surface area contributed by atoms with Gasteiger partial charge in [0.15, 0.2) is 0 Å². The Hall–Kier alpha value is -1.82. The summed E-state index contributed by atoms with van der Waals surface area (Å²) in [7, 11) is 1.88.